The van der Waals surface area contributed by atoms with Crippen LogP contribution in [0, 0.1) is 5.92 Å². The molecule has 16 heavy (non-hydrogen) atoms. The van der Waals surface area contributed by atoms with Crippen LogP contribution in [0.3, 0.4) is 0 Å². The summed E-state index contributed by atoms with van der Waals surface area (Å²) in [7, 11) is 0. The Morgan fingerprint density at radius 2 is 1.88 bits per heavy atom. The van der Waals surface area contributed by atoms with Gasteiger partial charge >= 0.3 is 6.18 Å². The maximum atomic E-state index is 12.5. The fourth-order valence-electron chi connectivity index (χ4n) is 1.70. The molecule has 2 N–H and O–H groups in total. The Labute approximate surface area is 96.4 Å². The summed E-state index contributed by atoms with van der Waals surface area (Å²) in [5.74, 6) is 0.305. The van der Waals surface area contributed by atoms with Crippen molar-refractivity contribution in [3.63, 3.8) is 0 Å². The SMILES string of the molecule is N[C@H](c1cc(Cl)cc(C(F)(F)F)c1)C1CC1. The maximum Gasteiger partial charge on any atom is 0.416 e. The van der Waals surface area contributed by atoms with E-state index in [9.17, 15) is 13.2 Å². The van der Waals surface area contributed by atoms with Gasteiger partial charge in [-0.25, -0.2) is 0 Å². The predicted octanol–water partition coefficient (Wildman–Crippen LogP) is 3.77. The van der Waals surface area contributed by atoms with Crippen LogP contribution in [0.25, 0.3) is 0 Å². The van der Waals surface area contributed by atoms with Crippen LogP contribution in [0.15, 0.2) is 18.2 Å². The Morgan fingerprint density at radius 3 is 2.38 bits per heavy atom. The van der Waals surface area contributed by atoms with Crippen molar-refractivity contribution in [1.82, 2.24) is 0 Å². The number of alkyl halides is 3. The van der Waals surface area contributed by atoms with E-state index >= 15 is 0 Å². The average Bonchev–Trinajstić information content (AvgIpc) is 2.97. The van der Waals surface area contributed by atoms with Crippen LogP contribution in [0.1, 0.15) is 30.0 Å². The van der Waals surface area contributed by atoms with Gasteiger partial charge in [0.25, 0.3) is 0 Å². The van der Waals surface area contributed by atoms with Crippen LogP contribution in [0.2, 0.25) is 5.02 Å². The number of nitrogens with two attached hydrogens (primary N) is 1. The number of hydrogen-bond acceptors (Lipinski definition) is 1. The minimum absolute atomic E-state index is 0.0842. The third kappa shape index (κ3) is 2.50. The highest BCUT2D eigenvalue weighted by molar-refractivity contribution is 6.30. The molecule has 0 radical (unpaired) electrons. The smallest absolute Gasteiger partial charge is 0.324 e. The van der Waals surface area contributed by atoms with Crippen LogP contribution in [0.5, 0.6) is 0 Å². The number of halogens is 4. The van der Waals surface area contributed by atoms with Crippen LogP contribution in [-0.2, 0) is 6.18 Å². The zero-order valence-electron chi connectivity index (χ0n) is 8.39. The molecule has 1 fully saturated rings. The van der Waals surface area contributed by atoms with E-state index < -0.39 is 11.7 Å². The Balaban J connectivity index is 2.35. The fourth-order valence-corrected chi connectivity index (χ4v) is 1.94. The summed E-state index contributed by atoms with van der Waals surface area (Å²) in [6, 6.07) is 3.19. The van der Waals surface area contributed by atoms with Gasteiger partial charge in [0, 0.05) is 11.1 Å². The highest BCUT2D eigenvalue weighted by Gasteiger charge is 2.34. The molecule has 0 spiro atoms. The molecule has 1 nitrogen and oxygen atoms in total. The molecule has 0 aliphatic heterocycles. The molecule has 0 bridgehead atoms. The second-order valence-electron chi connectivity index (χ2n) is 4.13. The molecule has 0 saturated heterocycles. The van der Waals surface area contributed by atoms with E-state index in [0.29, 0.717) is 11.5 Å². The van der Waals surface area contributed by atoms with E-state index in [1.807, 2.05) is 0 Å². The van der Waals surface area contributed by atoms with E-state index in [2.05, 4.69) is 0 Å². The zero-order valence-corrected chi connectivity index (χ0v) is 9.15. The van der Waals surface area contributed by atoms with Gasteiger partial charge in [0.2, 0.25) is 0 Å². The molecule has 5 heteroatoms. The van der Waals surface area contributed by atoms with Gasteiger partial charge in [-0.15, -0.1) is 0 Å². The van der Waals surface area contributed by atoms with Crippen molar-refractivity contribution in [3.05, 3.63) is 34.3 Å². The summed E-state index contributed by atoms with van der Waals surface area (Å²) in [5, 5.41) is 0.0842. The van der Waals surface area contributed by atoms with Crippen molar-refractivity contribution in [2.75, 3.05) is 0 Å². The summed E-state index contributed by atoms with van der Waals surface area (Å²) in [6.45, 7) is 0. The van der Waals surface area contributed by atoms with Crippen LogP contribution in [0.4, 0.5) is 13.2 Å². The summed E-state index contributed by atoms with van der Waals surface area (Å²) in [6.07, 6.45) is -2.41. The molecule has 1 atom stereocenters. The second kappa shape index (κ2) is 3.93. The van der Waals surface area contributed by atoms with Gasteiger partial charge in [-0.3, -0.25) is 0 Å². The molecular weight excluding hydrogens is 239 g/mol. The Hall–Kier alpha value is -0.740. The molecule has 0 amide bonds. The molecule has 2 rings (SSSR count). The molecule has 88 valence electrons. The molecule has 1 aromatic carbocycles. The van der Waals surface area contributed by atoms with E-state index in [1.165, 1.54) is 6.07 Å². The molecular formula is C11H11ClF3N. The van der Waals surface area contributed by atoms with Crippen LogP contribution in [-0.4, -0.2) is 0 Å². The fraction of sp³-hybridized carbons (Fsp3) is 0.455. The van der Waals surface area contributed by atoms with Crippen molar-refractivity contribution in [1.29, 1.82) is 0 Å². The van der Waals surface area contributed by atoms with Gasteiger partial charge in [-0.05, 0) is 42.5 Å². The first-order chi connectivity index (χ1) is 7.38. The number of benzene rings is 1. The molecule has 1 aromatic rings. The quantitative estimate of drug-likeness (QED) is 0.848. The Bertz CT molecular complexity index is 399. The van der Waals surface area contributed by atoms with Crippen molar-refractivity contribution in [2.24, 2.45) is 11.7 Å². The van der Waals surface area contributed by atoms with Gasteiger partial charge in [0.15, 0.2) is 0 Å². The minimum Gasteiger partial charge on any atom is -0.324 e. The lowest BCUT2D eigenvalue weighted by atomic mass is 10.0. The van der Waals surface area contributed by atoms with Crippen LogP contribution < -0.4 is 5.73 Å². The Morgan fingerprint density at radius 1 is 1.25 bits per heavy atom. The van der Waals surface area contributed by atoms with Crippen molar-refractivity contribution in [2.45, 2.75) is 25.1 Å². The van der Waals surface area contributed by atoms with E-state index in [-0.39, 0.29) is 11.1 Å². The standard InChI is InChI=1S/C11H11ClF3N/c12-9-4-7(10(16)6-1-2-6)3-8(5-9)11(13,14)15/h3-6,10H,1-2,16H2/t10-/m0/s1. The number of hydrogen-bond donors (Lipinski definition) is 1. The van der Waals surface area contributed by atoms with Gasteiger partial charge in [-0.1, -0.05) is 11.6 Å². The largest absolute Gasteiger partial charge is 0.416 e. The van der Waals surface area contributed by atoms with Gasteiger partial charge in [0.1, 0.15) is 0 Å². The topological polar surface area (TPSA) is 26.0 Å². The average molecular weight is 250 g/mol. The predicted molar refractivity (Wildman–Crippen MR) is 56.1 cm³/mol. The van der Waals surface area contributed by atoms with E-state index in [1.54, 1.807) is 0 Å². The molecule has 1 aliphatic carbocycles. The lowest BCUT2D eigenvalue weighted by molar-refractivity contribution is -0.137. The van der Waals surface area contributed by atoms with Gasteiger partial charge in [0.05, 0.1) is 5.56 Å². The molecule has 0 aromatic heterocycles. The maximum absolute atomic E-state index is 12.5. The van der Waals surface area contributed by atoms with E-state index in [4.69, 9.17) is 17.3 Å². The normalized spacial score (nSPS) is 18.6. The second-order valence-corrected chi connectivity index (χ2v) is 4.57. The minimum atomic E-state index is -4.37. The van der Waals surface area contributed by atoms with Crippen molar-refractivity contribution >= 4 is 11.6 Å². The first kappa shape index (κ1) is 11.7. The summed E-state index contributed by atoms with van der Waals surface area (Å²) in [5.41, 5.74) is 5.60. The third-order valence-electron chi connectivity index (χ3n) is 2.76. The highest BCUT2D eigenvalue weighted by Crippen LogP contribution is 2.41. The number of rotatable bonds is 2. The van der Waals surface area contributed by atoms with Crippen molar-refractivity contribution in [3.8, 4) is 0 Å². The third-order valence-corrected chi connectivity index (χ3v) is 2.98. The van der Waals surface area contributed by atoms with Gasteiger partial charge in [-0.2, -0.15) is 13.2 Å². The van der Waals surface area contributed by atoms with Gasteiger partial charge < -0.3 is 5.73 Å². The molecule has 0 heterocycles. The summed E-state index contributed by atoms with van der Waals surface area (Å²) >= 11 is 5.67. The molecule has 1 aliphatic rings. The van der Waals surface area contributed by atoms with Crippen molar-refractivity contribution < 1.29 is 13.2 Å². The zero-order chi connectivity index (χ0) is 11.9. The lowest BCUT2D eigenvalue weighted by Gasteiger charge is -2.14. The first-order valence-corrected chi connectivity index (χ1v) is 5.39. The lowest BCUT2D eigenvalue weighted by Crippen LogP contribution is -2.14. The molecule has 0 unspecified atom stereocenters. The first-order valence-electron chi connectivity index (χ1n) is 5.01. The van der Waals surface area contributed by atoms with Crippen LogP contribution >= 0.6 is 11.6 Å². The van der Waals surface area contributed by atoms with E-state index in [0.717, 1.165) is 25.0 Å². The Kier molecular flexibility index (Phi) is 2.88. The molecule has 1 saturated carbocycles. The summed E-state index contributed by atoms with van der Waals surface area (Å²) < 4.78 is 37.6. The highest BCUT2D eigenvalue weighted by atomic mass is 35.5. The summed E-state index contributed by atoms with van der Waals surface area (Å²) in [4.78, 5) is 0. The monoisotopic (exact) mass is 249 g/mol.